The maximum Gasteiger partial charge on any atom is 0.163 e. The van der Waals surface area contributed by atoms with Crippen LogP contribution in [-0.2, 0) is 36.9 Å². The van der Waals surface area contributed by atoms with Crippen LogP contribution < -0.4 is 4.74 Å². The van der Waals surface area contributed by atoms with Crippen LogP contribution in [0, 0.1) is 0 Å². The molecule has 0 spiro atoms. The summed E-state index contributed by atoms with van der Waals surface area (Å²) < 4.78 is 42.4. The maximum atomic E-state index is 6.59. The lowest BCUT2D eigenvalue weighted by atomic mass is 10.0. The van der Waals surface area contributed by atoms with E-state index in [0.29, 0.717) is 26.2 Å². The normalized spacial score (nSPS) is 26.8. The molecule has 5 atom stereocenters. The van der Waals surface area contributed by atoms with Crippen molar-refractivity contribution in [2.24, 2.45) is 0 Å². The first-order chi connectivity index (χ1) is 18.5. The van der Waals surface area contributed by atoms with Crippen molar-refractivity contribution in [1.82, 2.24) is 0 Å². The van der Waals surface area contributed by atoms with E-state index in [-0.39, 0.29) is 30.5 Å². The van der Waals surface area contributed by atoms with Crippen LogP contribution in [0.15, 0.2) is 83.5 Å². The van der Waals surface area contributed by atoms with Crippen LogP contribution in [0.1, 0.15) is 37.2 Å². The number of benzene rings is 2. The summed E-state index contributed by atoms with van der Waals surface area (Å²) in [5.41, 5.74) is 2.13. The molecule has 0 aliphatic carbocycles. The van der Waals surface area contributed by atoms with Crippen LogP contribution in [0.4, 0.5) is 0 Å². The van der Waals surface area contributed by atoms with E-state index in [1.54, 1.807) is 13.4 Å². The highest BCUT2D eigenvalue weighted by molar-refractivity contribution is 5.43. The Morgan fingerprint density at radius 3 is 2.29 bits per heavy atom. The molecule has 0 radical (unpaired) electrons. The second-order valence-corrected chi connectivity index (χ2v) is 10.1. The van der Waals surface area contributed by atoms with E-state index in [9.17, 15) is 0 Å². The van der Waals surface area contributed by atoms with Crippen molar-refractivity contribution in [1.29, 1.82) is 0 Å². The number of hydrogen-bond donors (Lipinski definition) is 0. The summed E-state index contributed by atoms with van der Waals surface area (Å²) in [5.74, 6) is 0.956. The van der Waals surface area contributed by atoms with E-state index in [0.717, 1.165) is 22.6 Å². The molecule has 2 saturated heterocycles. The molecule has 0 bridgehead atoms. The zero-order chi connectivity index (χ0) is 26.4. The Labute approximate surface area is 224 Å². The predicted molar refractivity (Wildman–Crippen MR) is 143 cm³/mol. The van der Waals surface area contributed by atoms with E-state index in [1.165, 1.54) is 0 Å². The molecule has 3 aromatic rings. The van der Waals surface area contributed by atoms with Gasteiger partial charge in [0.1, 0.15) is 29.8 Å². The Bertz CT molecular complexity index is 1140. The summed E-state index contributed by atoms with van der Waals surface area (Å²) in [5, 5.41) is 0. The average Bonchev–Trinajstić information content (AvgIpc) is 3.65. The second kappa shape index (κ2) is 12.3. The molecule has 0 unspecified atom stereocenters. The Balaban J connectivity index is 1.37. The summed E-state index contributed by atoms with van der Waals surface area (Å²) in [6.07, 6.45) is 4.88. The highest BCUT2D eigenvalue weighted by Gasteiger charge is 2.47. The number of hydrogen-bond acceptors (Lipinski definition) is 7. The van der Waals surface area contributed by atoms with Gasteiger partial charge in [0.2, 0.25) is 0 Å². The Hall–Kier alpha value is -2.94. The first kappa shape index (κ1) is 26.7. The van der Waals surface area contributed by atoms with Gasteiger partial charge in [0.05, 0.1) is 45.4 Å². The van der Waals surface area contributed by atoms with Crippen molar-refractivity contribution < 1.29 is 32.8 Å². The van der Waals surface area contributed by atoms with Gasteiger partial charge in [-0.25, -0.2) is 0 Å². The summed E-state index contributed by atoms with van der Waals surface area (Å²) in [4.78, 5) is 0. The molecule has 5 rings (SSSR count). The van der Waals surface area contributed by atoms with E-state index in [4.69, 9.17) is 32.8 Å². The standard InChI is InChI=1S/C31H36O7/c1-31(2)36-21-26(38-31)18-28-30(35-19-22-8-5-4-6-9-22)29(27(37-28)16-15-25-10-7-17-33-25)34-20-23-11-13-24(32-3)14-12-23/h4-17,26-30H,18-21H2,1-3H3/t26-,27-,28+,29-,30-/m0/s1. The van der Waals surface area contributed by atoms with Crippen LogP contribution >= 0.6 is 0 Å². The van der Waals surface area contributed by atoms with E-state index >= 15 is 0 Å². The third kappa shape index (κ3) is 6.92. The molecule has 2 aromatic carbocycles. The van der Waals surface area contributed by atoms with Crippen molar-refractivity contribution in [2.75, 3.05) is 13.7 Å². The van der Waals surface area contributed by atoms with Crippen LogP contribution in [0.3, 0.4) is 0 Å². The van der Waals surface area contributed by atoms with Crippen LogP contribution in [0.5, 0.6) is 5.75 Å². The lowest BCUT2D eigenvalue weighted by molar-refractivity contribution is -0.145. The van der Waals surface area contributed by atoms with Gasteiger partial charge in [-0.1, -0.05) is 42.5 Å². The molecule has 0 saturated carbocycles. The number of rotatable bonds is 11. The predicted octanol–water partition coefficient (Wildman–Crippen LogP) is 5.78. The topological polar surface area (TPSA) is 68.5 Å². The molecule has 7 heteroatoms. The summed E-state index contributed by atoms with van der Waals surface area (Å²) in [6, 6.07) is 21.8. The minimum absolute atomic E-state index is 0.0899. The van der Waals surface area contributed by atoms with Crippen molar-refractivity contribution in [2.45, 2.75) is 69.8 Å². The number of ether oxygens (including phenoxy) is 6. The van der Waals surface area contributed by atoms with E-state index < -0.39 is 5.79 Å². The summed E-state index contributed by atoms with van der Waals surface area (Å²) in [6.45, 7) is 5.25. The fourth-order valence-corrected chi connectivity index (χ4v) is 4.89. The quantitative estimate of drug-likeness (QED) is 0.317. The lowest BCUT2D eigenvalue weighted by Gasteiger charge is -2.26. The van der Waals surface area contributed by atoms with Gasteiger partial charge in [-0.2, -0.15) is 0 Å². The van der Waals surface area contributed by atoms with E-state index in [2.05, 4.69) is 12.1 Å². The second-order valence-electron chi connectivity index (χ2n) is 10.1. The first-order valence-electron chi connectivity index (χ1n) is 13.1. The molecular formula is C31H36O7. The minimum Gasteiger partial charge on any atom is -0.497 e. The van der Waals surface area contributed by atoms with Crippen molar-refractivity contribution in [3.05, 3.63) is 96.0 Å². The fraction of sp³-hybridized carbons (Fsp3) is 0.419. The highest BCUT2D eigenvalue weighted by Crippen LogP contribution is 2.35. The molecule has 202 valence electrons. The van der Waals surface area contributed by atoms with Crippen LogP contribution in [0.2, 0.25) is 0 Å². The van der Waals surface area contributed by atoms with Crippen molar-refractivity contribution in [3.63, 3.8) is 0 Å². The van der Waals surface area contributed by atoms with Gasteiger partial charge < -0.3 is 32.8 Å². The Kier molecular flexibility index (Phi) is 8.61. The summed E-state index contributed by atoms with van der Waals surface area (Å²) in [7, 11) is 1.66. The molecule has 2 fully saturated rings. The molecule has 0 N–H and O–H groups in total. The van der Waals surface area contributed by atoms with Gasteiger partial charge >= 0.3 is 0 Å². The first-order valence-corrected chi connectivity index (χ1v) is 13.1. The smallest absolute Gasteiger partial charge is 0.163 e. The van der Waals surface area contributed by atoms with Gasteiger partial charge in [0, 0.05) is 6.42 Å². The number of methoxy groups -OCH3 is 1. The van der Waals surface area contributed by atoms with Gasteiger partial charge in [-0.3, -0.25) is 0 Å². The van der Waals surface area contributed by atoms with Crippen molar-refractivity contribution >= 4 is 6.08 Å². The van der Waals surface area contributed by atoms with E-state index in [1.807, 2.05) is 80.6 Å². The highest BCUT2D eigenvalue weighted by atomic mass is 16.7. The van der Waals surface area contributed by atoms with Gasteiger partial charge in [0.25, 0.3) is 0 Å². The molecule has 38 heavy (non-hydrogen) atoms. The van der Waals surface area contributed by atoms with Crippen molar-refractivity contribution in [3.8, 4) is 5.75 Å². The Morgan fingerprint density at radius 1 is 0.895 bits per heavy atom. The number of furan rings is 1. The van der Waals surface area contributed by atoms with Gasteiger partial charge in [-0.15, -0.1) is 0 Å². The molecular weight excluding hydrogens is 484 g/mol. The molecule has 2 aliphatic heterocycles. The molecule has 2 aliphatic rings. The fourth-order valence-electron chi connectivity index (χ4n) is 4.89. The Morgan fingerprint density at radius 2 is 1.63 bits per heavy atom. The lowest BCUT2D eigenvalue weighted by Crippen LogP contribution is -2.38. The zero-order valence-corrected chi connectivity index (χ0v) is 22.2. The molecule has 3 heterocycles. The molecule has 1 aromatic heterocycles. The average molecular weight is 521 g/mol. The van der Waals surface area contributed by atoms with Crippen LogP contribution in [-0.4, -0.2) is 50.0 Å². The molecule has 0 amide bonds. The maximum absolute atomic E-state index is 6.59. The third-order valence-corrected chi connectivity index (χ3v) is 6.79. The largest absolute Gasteiger partial charge is 0.497 e. The van der Waals surface area contributed by atoms with Crippen LogP contribution in [0.25, 0.3) is 6.08 Å². The summed E-state index contributed by atoms with van der Waals surface area (Å²) >= 11 is 0. The van der Waals surface area contributed by atoms with Gasteiger partial charge in [0.15, 0.2) is 5.79 Å². The zero-order valence-electron chi connectivity index (χ0n) is 22.2. The SMILES string of the molecule is COc1ccc(CO[C@@H]2[C@@H](OCc3ccccc3)[C@@H](C[C@H]3COC(C)(C)O3)O[C@H]2C=Cc2ccco2)cc1. The monoisotopic (exact) mass is 520 g/mol. The molecule has 7 nitrogen and oxygen atoms in total. The minimum atomic E-state index is -0.605. The third-order valence-electron chi connectivity index (χ3n) is 6.79. The van der Waals surface area contributed by atoms with Gasteiger partial charge in [-0.05, 0) is 61.4 Å².